The van der Waals surface area contributed by atoms with Crippen molar-refractivity contribution in [2.75, 3.05) is 0 Å². The minimum atomic E-state index is 0.264. The van der Waals surface area contributed by atoms with Gasteiger partial charge in [-0.25, -0.2) is 0 Å². The van der Waals surface area contributed by atoms with Gasteiger partial charge in [-0.1, -0.05) is 18.2 Å². The van der Waals surface area contributed by atoms with E-state index in [1.165, 1.54) is 5.56 Å². The van der Waals surface area contributed by atoms with Gasteiger partial charge in [0.1, 0.15) is 0 Å². The van der Waals surface area contributed by atoms with Gasteiger partial charge in [-0.3, -0.25) is 4.68 Å². The van der Waals surface area contributed by atoms with Crippen molar-refractivity contribution in [2.45, 2.75) is 33.0 Å². The Morgan fingerprint density at radius 1 is 1.23 bits per heavy atom. The van der Waals surface area contributed by atoms with Crippen LogP contribution in [0.2, 0.25) is 0 Å². The zero-order valence-corrected chi connectivity index (χ0v) is 12.7. The fourth-order valence-electron chi connectivity index (χ4n) is 2.26. The molecule has 7 heteroatoms. The fourth-order valence-corrected chi connectivity index (χ4v) is 2.26. The van der Waals surface area contributed by atoms with E-state index < -0.39 is 0 Å². The fraction of sp³-hybridized carbons (Fsp3) is 0.333. The summed E-state index contributed by atoms with van der Waals surface area (Å²) >= 11 is 0. The van der Waals surface area contributed by atoms with Gasteiger partial charge in [0.2, 0.25) is 0 Å². The lowest BCUT2D eigenvalue weighted by molar-refractivity contribution is 0.443. The first-order valence-electron chi connectivity index (χ1n) is 7.27. The molecular formula is C15H19N7. The molecule has 2 aromatic heterocycles. The molecule has 0 unspecified atom stereocenters. The molecule has 0 amide bonds. The SMILES string of the molecule is Cc1cnn(C[C@H](C)NCc2nnnn2-c2ccccc2)c1. The van der Waals surface area contributed by atoms with Crippen molar-refractivity contribution < 1.29 is 0 Å². The number of aromatic nitrogens is 6. The van der Waals surface area contributed by atoms with Crippen molar-refractivity contribution in [3.63, 3.8) is 0 Å². The predicted octanol–water partition coefficient (Wildman–Crippen LogP) is 1.35. The highest BCUT2D eigenvalue weighted by molar-refractivity contribution is 5.30. The molecule has 0 aliphatic heterocycles. The first-order chi connectivity index (χ1) is 10.7. The summed E-state index contributed by atoms with van der Waals surface area (Å²) in [4.78, 5) is 0. The lowest BCUT2D eigenvalue weighted by atomic mass is 10.3. The van der Waals surface area contributed by atoms with Crippen molar-refractivity contribution in [3.8, 4) is 5.69 Å². The Balaban J connectivity index is 1.61. The topological polar surface area (TPSA) is 73.5 Å². The van der Waals surface area contributed by atoms with Gasteiger partial charge in [-0.05, 0) is 42.0 Å². The van der Waals surface area contributed by atoms with Crippen LogP contribution in [-0.4, -0.2) is 36.0 Å². The molecule has 1 N–H and O–H groups in total. The Labute approximate surface area is 129 Å². The molecule has 0 fully saturated rings. The number of nitrogens with zero attached hydrogens (tertiary/aromatic N) is 6. The number of nitrogens with one attached hydrogen (secondary N) is 1. The number of tetrazole rings is 1. The zero-order valence-electron chi connectivity index (χ0n) is 12.7. The Morgan fingerprint density at radius 3 is 2.77 bits per heavy atom. The van der Waals surface area contributed by atoms with Crippen molar-refractivity contribution >= 4 is 0 Å². The minimum absolute atomic E-state index is 0.264. The molecule has 0 radical (unpaired) electrons. The van der Waals surface area contributed by atoms with Gasteiger partial charge in [-0.2, -0.15) is 9.78 Å². The second-order valence-electron chi connectivity index (χ2n) is 5.36. The highest BCUT2D eigenvalue weighted by Gasteiger charge is 2.10. The molecule has 0 aliphatic rings. The third-order valence-corrected chi connectivity index (χ3v) is 3.37. The number of hydrogen-bond donors (Lipinski definition) is 1. The molecule has 0 saturated carbocycles. The van der Waals surface area contributed by atoms with Gasteiger partial charge in [0.15, 0.2) is 5.82 Å². The summed E-state index contributed by atoms with van der Waals surface area (Å²) in [7, 11) is 0. The third-order valence-electron chi connectivity index (χ3n) is 3.37. The van der Waals surface area contributed by atoms with Gasteiger partial charge >= 0.3 is 0 Å². The van der Waals surface area contributed by atoms with E-state index in [1.54, 1.807) is 4.68 Å². The van der Waals surface area contributed by atoms with Crippen LogP contribution in [-0.2, 0) is 13.1 Å². The molecule has 114 valence electrons. The monoisotopic (exact) mass is 297 g/mol. The summed E-state index contributed by atoms with van der Waals surface area (Å²) in [5.74, 6) is 0.787. The minimum Gasteiger partial charge on any atom is -0.305 e. The van der Waals surface area contributed by atoms with Crippen molar-refractivity contribution in [1.82, 2.24) is 35.3 Å². The summed E-state index contributed by atoms with van der Waals surface area (Å²) in [5, 5.41) is 19.6. The Hall–Kier alpha value is -2.54. The van der Waals surface area contributed by atoms with E-state index in [2.05, 4.69) is 32.9 Å². The van der Waals surface area contributed by atoms with Gasteiger partial charge in [-0.15, -0.1) is 5.10 Å². The number of para-hydroxylation sites is 1. The van der Waals surface area contributed by atoms with E-state index in [0.717, 1.165) is 18.1 Å². The number of aryl methyl sites for hydroxylation is 1. The normalized spacial score (nSPS) is 12.5. The number of rotatable bonds is 6. The first-order valence-corrected chi connectivity index (χ1v) is 7.27. The Bertz CT molecular complexity index is 716. The lowest BCUT2D eigenvalue weighted by Crippen LogP contribution is -2.31. The number of hydrogen-bond acceptors (Lipinski definition) is 5. The van der Waals surface area contributed by atoms with Crippen molar-refractivity contribution in [3.05, 3.63) is 54.1 Å². The van der Waals surface area contributed by atoms with Crippen LogP contribution >= 0.6 is 0 Å². The largest absolute Gasteiger partial charge is 0.305 e. The molecule has 0 aliphatic carbocycles. The average Bonchev–Trinajstić information content (AvgIpc) is 3.15. The van der Waals surface area contributed by atoms with Crippen LogP contribution in [0, 0.1) is 6.92 Å². The zero-order chi connectivity index (χ0) is 15.4. The first kappa shape index (κ1) is 14.4. The summed E-state index contributed by atoms with van der Waals surface area (Å²) < 4.78 is 3.69. The van der Waals surface area contributed by atoms with Crippen LogP contribution in [0.5, 0.6) is 0 Å². The number of benzene rings is 1. The van der Waals surface area contributed by atoms with Gasteiger partial charge in [0.25, 0.3) is 0 Å². The summed E-state index contributed by atoms with van der Waals surface area (Å²) in [6.45, 7) is 5.56. The van der Waals surface area contributed by atoms with Gasteiger partial charge < -0.3 is 5.32 Å². The van der Waals surface area contributed by atoms with Crippen LogP contribution in [0.3, 0.4) is 0 Å². The highest BCUT2D eigenvalue weighted by Crippen LogP contribution is 2.07. The van der Waals surface area contributed by atoms with Crippen LogP contribution in [0.1, 0.15) is 18.3 Å². The van der Waals surface area contributed by atoms with E-state index >= 15 is 0 Å². The third kappa shape index (κ3) is 3.37. The molecule has 0 spiro atoms. The smallest absolute Gasteiger partial charge is 0.170 e. The molecule has 7 nitrogen and oxygen atoms in total. The van der Waals surface area contributed by atoms with E-state index in [4.69, 9.17) is 0 Å². The molecule has 1 aromatic carbocycles. The molecule has 0 saturated heterocycles. The summed E-state index contributed by atoms with van der Waals surface area (Å²) in [6.07, 6.45) is 3.90. The van der Waals surface area contributed by atoms with E-state index in [0.29, 0.717) is 6.54 Å². The van der Waals surface area contributed by atoms with Crippen molar-refractivity contribution in [1.29, 1.82) is 0 Å². The van der Waals surface area contributed by atoms with Crippen LogP contribution in [0.15, 0.2) is 42.7 Å². The van der Waals surface area contributed by atoms with Gasteiger partial charge in [0.05, 0.1) is 25.0 Å². The molecule has 1 atom stereocenters. The van der Waals surface area contributed by atoms with E-state index in [1.807, 2.05) is 54.3 Å². The summed E-state index contributed by atoms with van der Waals surface area (Å²) in [6, 6.07) is 10.1. The van der Waals surface area contributed by atoms with Crippen LogP contribution in [0.4, 0.5) is 0 Å². The molecule has 0 bridgehead atoms. The van der Waals surface area contributed by atoms with Crippen LogP contribution in [0.25, 0.3) is 5.69 Å². The van der Waals surface area contributed by atoms with E-state index in [9.17, 15) is 0 Å². The standard InChI is InChI=1S/C15H19N7/c1-12-8-17-21(10-12)11-13(2)16-9-15-18-19-20-22(15)14-6-4-3-5-7-14/h3-8,10,13,16H,9,11H2,1-2H3/t13-/m0/s1. The summed E-state index contributed by atoms with van der Waals surface area (Å²) in [5.41, 5.74) is 2.12. The quantitative estimate of drug-likeness (QED) is 0.743. The maximum atomic E-state index is 4.30. The van der Waals surface area contributed by atoms with Crippen molar-refractivity contribution in [2.24, 2.45) is 0 Å². The average molecular weight is 297 g/mol. The maximum Gasteiger partial charge on any atom is 0.170 e. The maximum absolute atomic E-state index is 4.30. The van der Waals surface area contributed by atoms with Crippen LogP contribution < -0.4 is 5.32 Å². The molecule has 3 aromatic rings. The lowest BCUT2D eigenvalue weighted by Gasteiger charge is -2.13. The second kappa shape index (κ2) is 6.48. The molecule has 2 heterocycles. The second-order valence-corrected chi connectivity index (χ2v) is 5.36. The van der Waals surface area contributed by atoms with Gasteiger partial charge in [0, 0.05) is 12.2 Å². The highest BCUT2D eigenvalue weighted by atomic mass is 15.5. The molecule has 3 rings (SSSR count). The predicted molar refractivity (Wildman–Crippen MR) is 82.4 cm³/mol. The Morgan fingerprint density at radius 2 is 2.05 bits per heavy atom. The molecular weight excluding hydrogens is 278 g/mol. The Kier molecular flexibility index (Phi) is 4.24. The molecule has 22 heavy (non-hydrogen) atoms. The van der Waals surface area contributed by atoms with E-state index in [-0.39, 0.29) is 6.04 Å².